The number of nitrogens with zero attached hydrogens (tertiary/aromatic N) is 2. The van der Waals surface area contributed by atoms with Crippen molar-refractivity contribution in [2.75, 3.05) is 41.3 Å². The molecule has 2 atom stereocenters. The van der Waals surface area contributed by atoms with Gasteiger partial charge in [-0.05, 0) is 0 Å². The SMILES string of the molecule is CCC(C)(CN(C)C)[O][Cu][O]C(C)(CC)CN(C)C. The molecule has 5 heteroatoms. The van der Waals surface area contributed by atoms with Gasteiger partial charge in [0.05, 0.1) is 0 Å². The number of rotatable bonds is 10. The summed E-state index contributed by atoms with van der Waals surface area (Å²) in [4.78, 5) is 4.28. The van der Waals surface area contributed by atoms with Gasteiger partial charge in [-0.15, -0.1) is 0 Å². The van der Waals surface area contributed by atoms with Crippen molar-refractivity contribution in [3.63, 3.8) is 0 Å². The van der Waals surface area contributed by atoms with E-state index >= 15 is 0 Å². The van der Waals surface area contributed by atoms with Crippen molar-refractivity contribution in [2.45, 2.75) is 51.7 Å². The second kappa shape index (κ2) is 8.60. The molecule has 0 aromatic rings. The maximum atomic E-state index is 5.89. The average molecular weight is 324 g/mol. The van der Waals surface area contributed by atoms with Crippen LogP contribution in [0, 0.1) is 0 Å². The van der Waals surface area contributed by atoms with Crippen LogP contribution in [0.5, 0.6) is 0 Å². The van der Waals surface area contributed by atoms with Crippen LogP contribution in [-0.4, -0.2) is 62.3 Å². The minimum absolute atomic E-state index is 0.184. The van der Waals surface area contributed by atoms with Gasteiger partial charge in [0, 0.05) is 0 Å². The molecule has 0 radical (unpaired) electrons. The summed E-state index contributed by atoms with van der Waals surface area (Å²) >= 11 is 1.25. The fourth-order valence-corrected chi connectivity index (χ4v) is 2.63. The summed E-state index contributed by atoms with van der Waals surface area (Å²) < 4.78 is 11.8. The number of likely N-dealkylation sites (N-methyl/N-ethyl adjacent to an activating group) is 2. The quantitative estimate of drug-likeness (QED) is 0.576. The van der Waals surface area contributed by atoms with Crippen molar-refractivity contribution in [1.29, 1.82) is 0 Å². The van der Waals surface area contributed by atoms with E-state index in [4.69, 9.17) is 7.64 Å². The number of hydrogen-bond acceptors (Lipinski definition) is 4. The van der Waals surface area contributed by atoms with Gasteiger partial charge in [0.2, 0.25) is 0 Å². The molecule has 0 bridgehead atoms. The molecule has 0 aromatic carbocycles. The Balaban J connectivity index is 4.30. The van der Waals surface area contributed by atoms with E-state index in [-0.39, 0.29) is 11.2 Å². The van der Waals surface area contributed by atoms with E-state index in [2.05, 4.69) is 65.7 Å². The molecule has 0 fully saturated rings. The fourth-order valence-electron chi connectivity index (χ4n) is 1.82. The van der Waals surface area contributed by atoms with Crippen LogP contribution in [0.15, 0.2) is 0 Å². The van der Waals surface area contributed by atoms with Crippen LogP contribution >= 0.6 is 0 Å². The molecule has 0 rings (SSSR count). The molecule has 4 nitrogen and oxygen atoms in total. The molecule has 121 valence electrons. The maximum absolute atomic E-state index is 5.89. The molecule has 0 amide bonds. The summed E-state index contributed by atoms with van der Waals surface area (Å²) in [5.41, 5.74) is -0.369. The first-order valence-electron chi connectivity index (χ1n) is 6.90. The van der Waals surface area contributed by atoms with Gasteiger partial charge < -0.3 is 0 Å². The van der Waals surface area contributed by atoms with E-state index in [1.807, 2.05) is 0 Å². The van der Waals surface area contributed by atoms with Crippen LogP contribution in [0.25, 0.3) is 0 Å². The predicted molar refractivity (Wildman–Crippen MR) is 76.7 cm³/mol. The molecular weight excluding hydrogens is 292 g/mol. The van der Waals surface area contributed by atoms with Crippen LogP contribution in [0.1, 0.15) is 40.5 Å². The molecule has 0 aliphatic carbocycles. The van der Waals surface area contributed by atoms with E-state index in [9.17, 15) is 0 Å². The van der Waals surface area contributed by atoms with Crippen LogP contribution < -0.4 is 0 Å². The molecule has 0 aliphatic rings. The third-order valence-electron chi connectivity index (χ3n) is 3.14. The summed E-state index contributed by atoms with van der Waals surface area (Å²) in [5.74, 6) is 0. The van der Waals surface area contributed by atoms with Crippen LogP contribution in [-0.2, 0) is 23.3 Å². The summed E-state index contributed by atoms with van der Waals surface area (Å²) in [7, 11) is 8.24. The second-order valence-electron chi connectivity index (χ2n) is 6.26. The number of hydrogen-bond donors (Lipinski definition) is 0. The predicted octanol–water partition coefficient (Wildman–Crippen LogP) is 2.39. The van der Waals surface area contributed by atoms with Gasteiger partial charge in [0.25, 0.3) is 0 Å². The van der Waals surface area contributed by atoms with Gasteiger partial charge in [-0.2, -0.15) is 0 Å². The van der Waals surface area contributed by atoms with Gasteiger partial charge in [0.15, 0.2) is 0 Å². The van der Waals surface area contributed by atoms with Crippen molar-refractivity contribution < 1.29 is 23.3 Å². The molecule has 0 aromatic heterocycles. The van der Waals surface area contributed by atoms with E-state index < -0.39 is 0 Å². The third kappa shape index (κ3) is 8.28. The Kier molecular flexibility index (Phi) is 8.77. The van der Waals surface area contributed by atoms with E-state index in [1.165, 1.54) is 15.6 Å². The second-order valence-corrected chi connectivity index (χ2v) is 6.80. The van der Waals surface area contributed by atoms with Gasteiger partial charge in [-0.25, -0.2) is 0 Å². The van der Waals surface area contributed by atoms with Crippen LogP contribution in [0.2, 0.25) is 0 Å². The Morgan fingerprint density at radius 3 is 1.32 bits per heavy atom. The Morgan fingerprint density at radius 1 is 0.789 bits per heavy atom. The zero-order valence-electron chi connectivity index (χ0n) is 13.8. The molecule has 0 N–H and O–H groups in total. The van der Waals surface area contributed by atoms with Gasteiger partial charge in [-0.3, -0.25) is 0 Å². The summed E-state index contributed by atoms with van der Waals surface area (Å²) in [5, 5.41) is 0. The van der Waals surface area contributed by atoms with E-state index in [1.54, 1.807) is 0 Å². The molecule has 2 unspecified atom stereocenters. The average Bonchev–Trinajstić information content (AvgIpc) is 2.27. The first-order chi connectivity index (χ1) is 8.66. The van der Waals surface area contributed by atoms with E-state index in [0.717, 1.165) is 25.9 Å². The Morgan fingerprint density at radius 2 is 1.11 bits per heavy atom. The van der Waals surface area contributed by atoms with Crippen molar-refractivity contribution in [3.05, 3.63) is 0 Å². The molecule has 0 saturated carbocycles. The van der Waals surface area contributed by atoms with Gasteiger partial charge >= 0.3 is 126 Å². The van der Waals surface area contributed by atoms with Crippen molar-refractivity contribution in [3.8, 4) is 0 Å². The third-order valence-corrected chi connectivity index (χ3v) is 4.23. The first kappa shape index (κ1) is 19.4. The van der Waals surface area contributed by atoms with Crippen molar-refractivity contribution in [1.82, 2.24) is 9.80 Å². The zero-order valence-corrected chi connectivity index (χ0v) is 14.8. The molecule has 0 saturated heterocycles. The first-order valence-corrected chi connectivity index (χ1v) is 7.67. The fraction of sp³-hybridized carbons (Fsp3) is 1.00. The van der Waals surface area contributed by atoms with E-state index in [0.29, 0.717) is 0 Å². The summed E-state index contributed by atoms with van der Waals surface area (Å²) in [6.07, 6.45) is 1.91. The summed E-state index contributed by atoms with van der Waals surface area (Å²) in [6, 6.07) is 0. The van der Waals surface area contributed by atoms with Crippen LogP contribution in [0.3, 0.4) is 0 Å². The zero-order chi connectivity index (χ0) is 15.1. The van der Waals surface area contributed by atoms with Crippen LogP contribution in [0.4, 0.5) is 0 Å². The standard InChI is InChI=1S/2C7H16NO.Cu/c2*1-5-7(2,9)6-8(3)4;/h2*5-6H2,1-4H3;/q2*-1;+2. The Bertz CT molecular complexity index is 228. The Hall–Kier alpha value is 0.359. The minimum atomic E-state index is -0.184. The van der Waals surface area contributed by atoms with Gasteiger partial charge in [-0.1, -0.05) is 0 Å². The van der Waals surface area contributed by atoms with Crippen molar-refractivity contribution >= 4 is 0 Å². The summed E-state index contributed by atoms with van der Waals surface area (Å²) in [6.45, 7) is 10.3. The molecule has 0 heterocycles. The molecule has 0 aliphatic heterocycles. The normalized spacial score (nSPS) is 18.8. The van der Waals surface area contributed by atoms with Crippen molar-refractivity contribution in [2.24, 2.45) is 0 Å². The molecule has 19 heavy (non-hydrogen) atoms. The Labute approximate surface area is 126 Å². The molecule has 0 spiro atoms. The molecular formula is C14H32CuN2O2. The topological polar surface area (TPSA) is 24.9 Å². The van der Waals surface area contributed by atoms with Gasteiger partial charge in [0.1, 0.15) is 0 Å². The monoisotopic (exact) mass is 323 g/mol.